The highest BCUT2D eigenvalue weighted by Gasteiger charge is 2.28. The first-order valence-corrected chi connectivity index (χ1v) is 7.61. The van der Waals surface area contributed by atoms with Gasteiger partial charge in [-0.1, -0.05) is 32.4 Å². The Morgan fingerprint density at radius 2 is 2.10 bits per heavy atom. The number of benzene rings is 1. The van der Waals surface area contributed by atoms with E-state index in [0.717, 1.165) is 31.8 Å². The smallest absolute Gasteiger partial charge is 0.139 e. The number of hydrogen-bond acceptors (Lipinski definition) is 3. The molecule has 0 bridgehead atoms. The zero-order valence-corrected chi connectivity index (χ0v) is 13.6. The van der Waals surface area contributed by atoms with Gasteiger partial charge in [0.2, 0.25) is 0 Å². The van der Waals surface area contributed by atoms with Gasteiger partial charge in [-0.2, -0.15) is 0 Å². The molecule has 0 saturated carbocycles. The Bertz CT molecular complexity index is 456. The second kappa shape index (κ2) is 6.23. The summed E-state index contributed by atoms with van der Waals surface area (Å²) < 4.78 is 5.33. The van der Waals surface area contributed by atoms with E-state index >= 15 is 0 Å². The van der Waals surface area contributed by atoms with Gasteiger partial charge in [0.15, 0.2) is 0 Å². The number of methoxy groups -OCH3 is 1. The third-order valence-electron chi connectivity index (χ3n) is 3.94. The molecular weight excluding hydrogens is 272 g/mol. The molecule has 1 atom stereocenters. The molecule has 1 aliphatic rings. The van der Waals surface area contributed by atoms with Gasteiger partial charge in [0.25, 0.3) is 0 Å². The Balaban J connectivity index is 2.22. The summed E-state index contributed by atoms with van der Waals surface area (Å²) in [5.41, 5.74) is 1.43. The van der Waals surface area contributed by atoms with Gasteiger partial charge >= 0.3 is 0 Å². The first-order chi connectivity index (χ1) is 9.41. The van der Waals surface area contributed by atoms with Crippen LogP contribution in [0.5, 0.6) is 5.75 Å². The lowest BCUT2D eigenvalue weighted by molar-refractivity contribution is 0.280. The van der Waals surface area contributed by atoms with Crippen LogP contribution in [0.3, 0.4) is 0 Å². The molecule has 0 aliphatic carbocycles. The lowest BCUT2D eigenvalue weighted by atomic mass is 9.86. The molecule has 1 N–H and O–H groups in total. The zero-order valence-electron chi connectivity index (χ0n) is 12.9. The summed E-state index contributed by atoms with van der Waals surface area (Å²) >= 11 is 6.11. The quantitative estimate of drug-likeness (QED) is 0.903. The predicted octanol–water partition coefficient (Wildman–Crippen LogP) is 3.56. The maximum Gasteiger partial charge on any atom is 0.139 e. The van der Waals surface area contributed by atoms with Crippen LogP contribution in [0.2, 0.25) is 5.02 Å². The first-order valence-electron chi connectivity index (χ1n) is 7.23. The Kier molecular flexibility index (Phi) is 4.82. The Morgan fingerprint density at radius 1 is 1.35 bits per heavy atom. The van der Waals surface area contributed by atoms with Gasteiger partial charge < -0.3 is 15.0 Å². The third-order valence-corrected chi connectivity index (χ3v) is 4.26. The molecule has 4 heteroatoms. The summed E-state index contributed by atoms with van der Waals surface area (Å²) in [6, 6.07) is 6.51. The Morgan fingerprint density at radius 3 is 2.75 bits per heavy atom. The topological polar surface area (TPSA) is 24.5 Å². The van der Waals surface area contributed by atoms with Crippen molar-refractivity contribution in [2.24, 2.45) is 5.41 Å². The van der Waals surface area contributed by atoms with Crippen LogP contribution < -0.4 is 15.0 Å². The number of ether oxygens (including phenoxy) is 1. The summed E-state index contributed by atoms with van der Waals surface area (Å²) in [6.07, 6.45) is 1.15. The van der Waals surface area contributed by atoms with Gasteiger partial charge in [-0.15, -0.1) is 0 Å². The van der Waals surface area contributed by atoms with Crippen molar-refractivity contribution >= 4 is 17.3 Å². The van der Waals surface area contributed by atoms with Crippen molar-refractivity contribution in [3.63, 3.8) is 0 Å². The second-order valence-corrected chi connectivity index (χ2v) is 6.90. The Hall–Kier alpha value is -0.930. The zero-order chi connectivity index (χ0) is 14.8. The number of nitrogens with zero attached hydrogens (tertiary/aromatic N) is 1. The van der Waals surface area contributed by atoms with E-state index in [4.69, 9.17) is 16.3 Å². The van der Waals surface area contributed by atoms with E-state index in [0.29, 0.717) is 11.1 Å². The SMILES string of the molecule is COc1cc(N2CCCNC(C(C)(C)C)C2)ccc1Cl. The molecule has 112 valence electrons. The van der Waals surface area contributed by atoms with E-state index < -0.39 is 0 Å². The largest absolute Gasteiger partial charge is 0.495 e. The van der Waals surface area contributed by atoms with Crippen LogP contribution in [0.1, 0.15) is 27.2 Å². The summed E-state index contributed by atoms with van der Waals surface area (Å²) in [5.74, 6) is 0.744. The summed E-state index contributed by atoms with van der Waals surface area (Å²) in [6.45, 7) is 10.0. The molecule has 1 heterocycles. The van der Waals surface area contributed by atoms with Crippen molar-refractivity contribution in [3.05, 3.63) is 23.2 Å². The van der Waals surface area contributed by atoms with E-state index in [1.807, 2.05) is 12.1 Å². The molecule has 20 heavy (non-hydrogen) atoms. The molecule has 0 aromatic heterocycles. The highest BCUT2D eigenvalue weighted by molar-refractivity contribution is 6.32. The molecule has 1 fully saturated rings. The van der Waals surface area contributed by atoms with Crippen molar-refractivity contribution in [1.29, 1.82) is 0 Å². The fraction of sp³-hybridized carbons (Fsp3) is 0.625. The molecule has 1 aromatic carbocycles. The van der Waals surface area contributed by atoms with Gasteiger partial charge in [0.1, 0.15) is 5.75 Å². The summed E-state index contributed by atoms with van der Waals surface area (Å²) in [7, 11) is 1.66. The van der Waals surface area contributed by atoms with Gasteiger partial charge in [0.05, 0.1) is 12.1 Å². The molecule has 0 radical (unpaired) electrons. The predicted molar refractivity (Wildman–Crippen MR) is 86.1 cm³/mol. The number of rotatable bonds is 2. The van der Waals surface area contributed by atoms with Gasteiger partial charge in [0, 0.05) is 30.9 Å². The van der Waals surface area contributed by atoms with Crippen LogP contribution in [0.4, 0.5) is 5.69 Å². The maximum atomic E-state index is 6.11. The van der Waals surface area contributed by atoms with E-state index in [9.17, 15) is 0 Å². The third kappa shape index (κ3) is 3.58. The van der Waals surface area contributed by atoms with Crippen molar-refractivity contribution in [2.75, 3.05) is 31.6 Å². The number of anilines is 1. The molecule has 1 aliphatic heterocycles. The second-order valence-electron chi connectivity index (χ2n) is 6.49. The van der Waals surface area contributed by atoms with Crippen molar-refractivity contribution in [3.8, 4) is 5.75 Å². The van der Waals surface area contributed by atoms with E-state index in [1.54, 1.807) is 7.11 Å². The lowest BCUT2D eigenvalue weighted by Gasteiger charge is -2.34. The van der Waals surface area contributed by atoms with E-state index in [1.165, 1.54) is 5.69 Å². The van der Waals surface area contributed by atoms with E-state index in [2.05, 4.69) is 37.1 Å². The molecule has 0 spiro atoms. The average Bonchev–Trinajstić information content (AvgIpc) is 2.64. The van der Waals surface area contributed by atoms with Gasteiger partial charge in [-0.25, -0.2) is 0 Å². The minimum absolute atomic E-state index is 0.249. The molecule has 2 rings (SSSR count). The normalized spacial score (nSPS) is 20.6. The lowest BCUT2D eigenvalue weighted by Crippen LogP contribution is -2.46. The van der Waals surface area contributed by atoms with Crippen molar-refractivity contribution in [1.82, 2.24) is 5.32 Å². The highest BCUT2D eigenvalue weighted by atomic mass is 35.5. The first kappa shape index (κ1) is 15.5. The van der Waals surface area contributed by atoms with Crippen molar-refractivity contribution < 1.29 is 4.74 Å². The minimum atomic E-state index is 0.249. The molecule has 1 unspecified atom stereocenters. The minimum Gasteiger partial charge on any atom is -0.495 e. The van der Waals surface area contributed by atoms with E-state index in [-0.39, 0.29) is 5.41 Å². The van der Waals surface area contributed by atoms with Gasteiger partial charge in [-0.05, 0) is 30.5 Å². The van der Waals surface area contributed by atoms with Crippen LogP contribution in [0.25, 0.3) is 0 Å². The van der Waals surface area contributed by atoms with Crippen LogP contribution in [0, 0.1) is 5.41 Å². The fourth-order valence-electron chi connectivity index (χ4n) is 2.58. The van der Waals surface area contributed by atoms with Crippen LogP contribution in [0.15, 0.2) is 18.2 Å². The maximum absolute atomic E-state index is 6.11. The molecule has 1 aromatic rings. The highest BCUT2D eigenvalue weighted by Crippen LogP contribution is 2.31. The molecule has 3 nitrogen and oxygen atoms in total. The van der Waals surface area contributed by atoms with Crippen molar-refractivity contribution in [2.45, 2.75) is 33.2 Å². The number of hydrogen-bond donors (Lipinski definition) is 1. The van der Waals surface area contributed by atoms with Gasteiger partial charge in [-0.3, -0.25) is 0 Å². The number of halogens is 1. The fourth-order valence-corrected chi connectivity index (χ4v) is 2.78. The van der Waals surface area contributed by atoms with Crippen LogP contribution in [-0.4, -0.2) is 32.8 Å². The number of nitrogens with one attached hydrogen (secondary N) is 1. The summed E-state index contributed by atoms with van der Waals surface area (Å²) in [4.78, 5) is 2.43. The van der Waals surface area contributed by atoms with Crippen LogP contribution in [-0.2, 0) is 0 Å². The monoisotopic (exact) mass is 296 g/mol. The molecule has 0 amide bonds. The standard InChI is InChI=1S/C16H25ClN2O/c1-16(2,3)15-11-19(9-5-8-18-15)12-6-7-13(17)14(10-12)20-4/h6-7,10,15,18H,5,8-9,11H2,1-4H3. The Labute approximate surface area is 127 Å². The molecular formula is C16H25ClN2O. The molecule has 1 saturated heterocycles. The summed E-state index contributed by atoms with van der Waals surface area (Å²) in [5, 5.41) is 4.33. The van der Waals surface area contributed by atoms with Crippen LogP contribution >= 0.6 is 11.6 Å². The average molecular weight is 297 g/mol.